The first-order chi connectivity index (χ1) is 6.55. The number of likely N-dealkylation sites (N-methyl/N-ethyl adjacent to an activating group) is 1. The van der Waals surface area contributed by atoms with Gasteiger partial charge in [-0.05, 0) is 18.8 Å². The van der Waals surface area contributed by atoms with Crippen LogP contribution >= 0.6 is 0 Å². The van der Waals surface area contributed by atoms with Crippen molar-refractivity contribution in [2.45, 2.75) is 19.8 Å². The number of aliphatic hydroxyl groups is 1. The molecule has 1 rings (SSSR count). The molecule has 0 bridgehead atoms. The monoisotopic (exact) mass is 200 g/mol. The standard InChI is InChI=1S/C10H20N2O2/c1-8-5-10(6-8,7-11)9(14)12(2)3-4-13/h8,13H,3-7,11H2,1-2H3. The van der Waals surface area contributed by atoms with Crippen LogP contribution in [0.1, 0.15) is 19.8 Å². The molecule has 0 spiro atoms. The van der Waals surface area contributed by atoms with E-state index >= 15 is 0 Å². The van der Waals surface area contributed by atoms with Gasteiger partial charge >= 0.3 is 0 Å². The highest BCUT2D eigenvalue weighted by molar-refractivity contribution is 5.83. The van der Waals surface area contributed by atoms with Crippen molar-refractivity contribution < 1.29 is 9.90 Å². The average molecular weight is 200 g/mol. The molecule has 0 saturated heterocycles. The van der Waals surface area contributed by atoms with Crippen molar-refractivity contribution in [2.24, 2.45) is 17.1 Å². The van der Waals surface area contributed by atoms with E-state index in [2.05, 4.69) is 6.92 Å². The second-order valence-corrected chi connectivity index (χ2v) is 4.45. The van der Waals surface area contributed by atoms with Gasteiger partial charge in [-0.2, -0.15) is 0 Å². The van der Waals surface area contributed by atoms with Crippen LogP contribution in [0.2, 0.25) is 0 Å². The van der Waals surface area contributed by atoms with Crippen molar-refractivity contribution in [1.82, 2.24) is 4.90 Å². The molecule has 0 heterocycles. The maximum atomic E-state index is 11.9. The predicted octanol–water partition coefficient (Wildman–Crippen LogP) is -0.188. The molecule has 0 aromatic carbocycles. The Bertz CT molecular complexity index is 212. The summed E-state index contributed by atoms with van der Waals surface area (Å²) in [7, 11) is 1.72. The topological polar surface area (TPSA) is 66.6 Å². The molecule has 0 aromatic rings. The van der Waals surface area contributed by atoms with E-state index in [1.165, 1.54) is 0 Å². The molecule has 1 saturated carbocycles. The fourth-order valence-electron chi connectivity index (χ4n) is 2.36. The van der Waals surface area contributed by atoms with Crippen LogP contribution in [-0.4, -0.2) is 42.7 Å². The summed E-state index contributed by atoms with van der Waals surface area (Å²) in [6.07, 6.45) is 1.77. The Morgan fingerprint density at radius 3 is 2.57 bits per heavy atom. The van der Waals surface area contributed by atoms with Crippen LogP contribution in [0.3, 0.4) is 0 Å². The maximum Gasteiger partial charge on any atom is 0.229 e. The number of aliphatic hydroxyl groups excluding tert-OH is 1. The van der Waals surface area contributed by atoms with Crippen molar-refractivity contribution in [3.63, 3.8) is 0 Å². The van der Waals surface area contributed by atoms with Gasteiger partial charge in [-0.25, -0.2) is 0 Å². The molecule has 3 N–H and O–H groups in total. The lowest BCUT2D eigenvalue weighted by Crippen LogP contribution is -2.54. The smallest absolute Gasteiger partial charge is 0.229 e. The first-order valence-corrected chi connectivity index (χ1v) is 5.12. The van der Waals surface area contributed by atoms with Crippen LogP contribution in [0.15, 0.2) is 0 Å². The number of amides is 1. The minimum atomic E-state index is -0.330. The Balaban J connectivity index is 2.57. The van der Waals surface area contributed by atoms with Gasteiger partial charge in [-0.15, -0.1) is 0 Å². The van der Waals surface area contributed by atoms with Crippen LogP contribution in [-0.2, 0) is 4.79 Å². The van der Waals surface area contributed by atoms with E-state index in [4.69, 9.17) is 10.8 Å². The van der Waals surface area contributed by atoms with Gasteiger partial charge in [0.15, 0.2) is 0 Å². The van der Waals surface area contributed by atoms with Crippen molar-refractivity contribution in [3.05, 3.63) is 0 Å². The molecule has 1 amide bonds. The molecule has 0 aromatic heterocycles. The molecule has 0 aliphatic heterocycles. The number of carbonyl (C=O) groups is 1. The number of nitrogens with zero attached hydrogens (tertiary/aromatic N) is 1. The first-order valence-electron chi connectivity index (χ1n) is 5.12. The number of rotatable bonds is 4. The van der Waals surface area contributed by atoms with Gasteiger partial charge in [0.1, 0.15) is 0 Å². The van der Waals surface area contributed by atoms with E-state index < -0.39 is 0 Å². The Morgan fingerprint density at radius 2 is 2.21 bits per heavy atom. The van der Waals surface area contributed by atoms with Crippen LogP contribution in [0, 0.1) is 11.3 Å². The zero-order chi connectivity index (χ0) is 10.8. The summed E-state index contributed by atoms with van der Waals surface area (Å²) >= 11 is 0. The van der Waals surface area contributed by atoms with Crippen LogP contribution in [0.5, 0.6) is 0 Å². The van der Waals surface area contributed by atoms with Gasteiger partial charge in [0.2, 0.25) is 5.91 Å². The summed E-state index contributed by atoms with van der Waals surface area (Å²) in [5.74, 6) is 0.692. The molecular weight excluding hydrogens is 180 g/mol. The van der Waals surface area contributed by atoms with Crippen molar-refractivity contribution >= 4 is 5.91 Å². The van der Waals surface area contributed by atoms with E-state index in [9.17, 15) is 4.79 Å². The molecule has 4 heteroatoms. The molecule has 14 heavy (non-hydrogen) atoms. The maximum absolute atomic E-state index is 11.9. The zero-order valence-electron chi connectivity index (χ0n) is 8.99. The minimum absolute atomic E-state index is 0.0123. The summed E-state index contributed by atoms with van der Waals surface area (Å²) < 4.78 is 0. The lowest BCUT2D eigenvalue weighted by atomic mass is 9.62. The van der Waals surface area contributed by atoms with Gasteiger partial charge in [0.25, 0.3) is 0 Å². The number of carbonyl (C=O) groups excluding carboxylic acids is 1. The summed E-state index contributed by atoms with van der Waals surface area (Å²) in [5.41, 5.74) is 5.33. The van der Waals surface area contributed by atoms with E-state index in [0.717, 1.165) is 12.8 Å². The zero-order valence-corrected chi connectivity index (χ0v) is 8.99. The first kappa shape index (κ1) is 11.5. The van der Waals surface area contributed by atoms with E-state index in [1.807, 2.05) is 0 Å². The Morgan fingerprint density at radius 1 is 1.64 bits per heavy atom. The van der Waals surface area contributed by atoms with Crippen LogP contribution in [0.4, 0.5) is 0 Å². The molecule has 82 valence electrons. The van der Waals surface area contributed by atoms with Gasteiger partial charge in [-0.3, -0.25) is 4.79 Å². The third kappa shape index (κ3) is 1.91. The second-order valence-electron chi connectivity index (χ2n) is 4.45. The third-order valence-electron chi connectivity index (χ3n) is 3.10. The van der Waals surface area contributed by atoms with E-state index in [0.29, 0.717) is 19.0 Å². The normalized spacial score (nSPS) is 31.0. The van der Waals surface area contributed by atoms with Gasteiger partial charge in [0.05, 0.1) is 12.0 Å². The predicted molar refractivity (Wildman–Crippen MR) is 54.6 cm³/mol. The largest absolute Gasteiger partial charge is 0.395 e. The van der Waals surface area contributed by atoms with Gasteiger partial charge in [0, 0.05) is 20.1 Å². The summed E-state index contributed by atoms with van der Waals surface area (Å²) in [6, 6.07) is 0. The van der Waals surface area contributed by atoms with Gasteiger partial charge < -0.3 is 15.7 Å². The minimum Gasteiger partial charge on any atom is -0.395 e. The molecule has 1 fully saturated rings. The van der Waals surface area contributed by atoms with Crippen LogP contribution < -0.4 is 5.73 Å². The van der Waals surface area contributed by atoms with E-state index in [-0.39, 0.29) is 17.9 Å². The average Bonchev–Trinajstić information content (AvgIpc) is 2.12. The Kier molecular flexibility index (Phi) is 3.50. The lowest BCUT2D eigenvalue weighted by molar-refractivity contribution is -0.148. The SMILES string of the molecule is CC1CC(CN)(C(=O)N(C)CCO)C1. The molecule has 0 radical (unpaired) electrons. The Labute approximate surface area is 85.1 Å². The highest BCUT2D eigenvalue weighted by Gasteiger charge is 2.48. The summed E-state index contributed by atoms with van der Waals surface area (Å²) in [6.45, 7) is 2.96. The summed E-state index contributed by atoms with van der Waals surface area (Å²) in [5, 5.41) is 8.74. The highest BCUT2D eigenvalue weighted by atomic mass is 16.3. The second kappa shape index (κ2) is 4.28. The van der Waals surface area contributed by atoms with Crippen LogP contribution in [0.25, 0.3) is 0 Å². The molecular formula is C10H20N2O2. The molecule has 1 aliphatic rings. The third-order valence-corrected chi connectivity index (χ3v) is 3.10. The highest BCUT2D eigenvalue weighted by Crippen LogP contribution is 2.45. The molecule has 0 unspecified atom stereocenters. The molecule has 1 aliphatic carbocycles. The van der Waals surface area contributed by atoms with Crippen molar-refractivity contribution in [1.29, 1.82) is 0 Å². The fraction of sp³-hybridized carbons (Fsp3) is 0.900. The number of hydrogen-bond acceptors (Lipinski definition) is 3. The quantitative estimate of drug-likeness (QED) is 0.661. The summed E-state index contributed by atoms with van der Waals surface area (Å²) in [4.78, 5) is 13.5. The van der Waals surface area contributed by atoms with Gasteiger partial charge in [-0.1, -0.05) is 6.92 Å². The fourth-order valence-corrected chi connectivity index (χ4v) is 2.36. The molecule has 4 nitrogen and oxygen atoms in total. The van der Waals surface area contributed by atoms with Crippen molar-refractivity contribution in [2.75, 3.05) is 26.7 Å². The van der Waals surface area contributed by atoms with Crippen molar-refractivity contribution in [3.8, 4) is 0 Å². The number of hydrogen-bond donors (Lipinski definition) is 2. The van der Waals surface area contributed by atoms with E-state index in [1.54, 1.807) is 11.9 Å². The number of nitrogens with two attached hydrogens (primary N) is 1. The lowest BCUT2D eigenvalue weighted by Gasteiger charge is -2.46. The molecule has 0 atom stereocenters. The Hall–Kier alpha value is -0.610.